The van der Waals surface area contributed by atoms with Crippen molar-refractivity contribution in [3.63, 3.8) is 0 Å². The van der Waals surface area contributed by atoms with Crippen molar-refractivity contribution < 1.29 is 0 Å². The summed E-state index contributed by atoms with van der Waals surface area (Å²) < 4.78 is 0. The molecule has 0 heterocycles. The van der Waals surface area contributed by atoms with Crippen LogP contribution < -0.4 is 10.6 Å². The van der Waals surface area contributed by atoms with Gasteiger partial charge in [0, 0.05) is 11.4 Å². The van der Waals surface area contributed by atoms with Crippen molar-refractivity contribution in [2.45, 2.75) is 0 Å². The van der Waals surface area contributed by atoms with Gasteiger partial charge < -0.3 is 5.73 Å². The van der Waals surface area contributed by atoms with E-state index in [4.69, 9.17) is 10.7 Å². The number of aliphatic imine (C=N–C) groups is 2. The Bertz CT molecular complexity index is 1200. The van der Waals surface area contributed by atoms with Crippen molar-refractivity contribution in [3.8, 4) is 0 Å². The van der Waals surface area contributed by atoms with Gasteiger partial charge in [-0.2, -0.15) is 10.2 Å². The standard InChI is InChI=1S/C28H26N6/c29-27(32-23-13-5-1-6-14-23)21-30-31-22-28(33-24-15-7-2-8-16-24)34(25-17-9-3-10-18-25)26-19-11-4-12-20-26/h1-20H,21-22H2,(H2,29,32). The highest BCUT2D eigenvalue weighted by Gasteiger charge is 2.16. The first-order valence-corrected chi connectivity index (χ1v) is 11.0. The Labute approximate surface area is 199 Å². The minimum absolute atomic E-state index is 0.212. The third kappa shape index (κ3) is 6.46. The molecule has 0 spiro atoms. The molecule has 0 saturated carbocycles. The minimum Gasteiger partial charge on any atom is -0.386 e. The highest BCUT2D eigenvalue weighted by molar-refractivity contribution is 6.06. The molecule has 0 bridgehead atoms. The molecule has 6 nitrogen and oxygen atoms in total. The molecule has 4 aromatic rings. The van der Waals surface area contributed by atoms with E-state index < -0.39 is 0 Å². The van der Waals surface area contributed by atoms with Crippen LogP contribution in [0, 0.1) is 0 Å². The number of anilines is 2. The Kier molecular flexibility index (Phi) is 7.90. The zero-order chi connectivity index (χ0) is 23.4. The Balaban J connectivity index is 1.62. The van der Waals surface area contributed by atoms with Gasteiger partial charge in [0.1, 0.15) is 24.8 Å². The van der Waals surface area contributed by atoms with Crippen molar-refractivity contribution in [2.24, 2.45) is 25.9 Å². The minimum atomic E-state index is 0.212. The second-order valence-corrected chi connectivity index (χ2v) is 7.41. The van der Waals surface area contributed by atoms with E-state index in [1.807, 2.05) is 97.1 Å². The van der Waals surface area contributed by atoms with Crippen LogP contribution in [0.2, 0.25) is 0 Å². The Hall–Kier alpha value is -4.58. The lowest BCUT2D eigenvalue weighted by Crippen LogP contribution is -2.28. The number of benzene rings is 4. The molecule has 4 rings (SSSR count). The molecule has 0 unspecified atom stereocenters. The SMILES string of the molecule is NC(CN=NCC(=Nc1ccccc1)N(c1ccccc1)c1ccccc1)=Nc1ccccc1. The highest BCUT2D eigenvalue weighted by atomic mass is 15.2. The van der Waals surface area contributed by atoms with E-state index in [-0.39, 0.29) is 13.1 Å². The maximum absolute atomic E-state index is 6.04. The summed E-state index contributed by atoms with van der Waals surface area (Å²) in [5.74, 6) is 1.14. The summed E-state index contributed by atoms with van der Waals surface area (Å²) in [5.41, 5.74) is 9.66. The van der Waals surface area contributed by atoms with E-state index in [1.165, 1.54) is 0 Å². The van der Waals surface area contributed by atoms with Crippen molar-refractivity contribution >= 4 is 34.4 Å². The van der Waals surface area contributed by atoms with Crippen molar-refractivity contribution in [1.82, 2.24) is 0 Å². The molecule has 0 saturated heterocycles. The average molecular weight is 447 g/mol. The van der Waals surface area contributed by atoms with E-state index >= 15 is 0 Å². The van der Waals surface area contributed by atoms with Crippen LogP contribution in [0.5, 0.6) is 0 Å². The van der Waals surface area contributed by atoms with E-state index in [1.54, 1.807) is 0 Å². The maximum Gasteiger partial charge on any atom is 0.137 e. The predicted octanol–water partition coefficient (Wildman–Crippen LogP) is 6.70. The number of hydrogen-bond donors (Lipinski definition) is 1. The molecule has 0 fully saturated rings. The van der Waals surface area contributed by atoms with E-state index in [2.05, 4.69) is 44.4 Å². The molecule has 0 aliphatic carbocycles. The van der Waals surface area contributed by atoms with Gasteiger partial charge in [-0.15, -0.1) is 0 Å². The summed E-state index contributed by atoms with van der Waals surface area (Å²) in [5, 5.41) is 8.69. The van der Waals surface area contributed by atoms with Gasteiger partial charge in [-0.05, 0) is 48.5 Å². The maximum atomic E-state index is 6.04. The van der Waals surface area contributed by atoms with Crippen LogP contribution in [-0.2, 0) is 0 Å². The van der Waals surface area contributed by atoms with Gasteiger partial charge in [-0.25, -0.2) is 9.98 Å². The fraction of sp³-hybridized carbons (Fsp3) is 0.0714. The molecule has 2 N–H and O–H groups in total. The lowest BCUT2D eigenvalue weighted by atomic mass is 10.2. The van der Waals surface area contributed by atoms with Crippen LogP contribution >= 0.6 is 0 Å². The number of nitrogens with two attached hydrogens (primary N) is 1. The van der Waals surface area contributed by atoms with Crippen molar-refractivity contribution in [2.75, 3.05) is 18.0 Å². The Morgan fingerprint density at radius 1 is 0.529 bits per heavy atom. The molecule has 0 amide bonds. The van der Waals surface area contributed by atoms with Gasteiger partial charge in [-0.3, -0.25) is 4.90 Å². The van der Waals surface area contributed by atoms with Gasteiger partial charge in [-0.1, -0.05) is 72.8 Å². The summed E-state index contributed by atoms with van der Waals surface area (Å²) in [6, 6.07) is 39.6. The van der Waals surface area contributed by atoms with Gasteiger partial charge in [0.05, 0.1) is 11.4 Å². The van der Waals surface area contributed by atoms with E-state index in [9.17, 15) is 0 Å². The Morgan fingerprint density at radius 2 is 0.941 bits per heavy atom. The number of rotatable bonds is 8. The number of azo groups is 1. The summed E-state index contributed by atoms with van der Waals surface area (Å²) in [4.78, 5) is 11.4. The third-order valence-corrected chi connectivity index (χ3v) is 4.87. The van der Waals surface area contributed by atoms with Crippen LogP contribution in [0.1, 0.15) is 0 Å². The molecule has 34 heavy (non-hydrogen) atoms. The lowest BCUT2D eigenvalue weighted by Gasteiger charge is -2.25. The zero-order valence-corrected chi connectivity index (χ0v) is 18.8. The van der Waals surface area contributed by atoms with Crippen LogP contribution in [-0.4, -0.2) is 24.8 Å². The van der Waals surface area contributed by atoms with Crippen LogP contribution in [0.3, 0.4) is 0 Å². The van der Waals surface area contributed by atoms with Crippen molar-refractivity contribution in [1.29, 1.82) is 0 Å². The van der Waals surface area contributed by atoms with Gasteiger partial charge in [0.25, 0.3) is 0 Å². The molecule has 0 radical (unpaired) electrons. The van der Waals surface area contributed by atoms with Gasteiger partial charge in [0.2, 0.25) is 0 Å². The fourth-order valence-corrected chi connectivity index (χ4v) is 3.35. The predicted molar refractivity (Wildman–Crippen MR) is 141 cm³/mol. The number of amidine groups is 2. The van der Waals surface area contributed by atoms with E-state index in [0.29, 0.717) is 5.84 Å². The molecule has 168 valence electrons. The summed E-state index contributed by atoms with van der Waals surface area (Å²) in [6.45, 7) is 0.488. The first-order chi connectivity index (χ1) is 16.8. The quantitative estimate of drug-likeness (QED) is 0.186. The number of nitrogens with zero attached hydrogens (tertiary/aromatic N) is 5. The molecular formula is C28H26N6. The third-order valence-electron chi connectivity index (χ3n) is 4.87. The zero-order valence-electron chi connectivity index (χ0n) is 18.8. The summed E-state index contributed by atoms with van der Waals surface area (Å²) >= 11 is 0. The highest BCUT2D eigenvalue weighted by Crippen LogP contribution is 2.27. The average Bonchev–Trinajstić information content (AvgIpc) is 2.89. The van der Waals surface area contributed by atoms with Gasteiger partial charge >= 0.3 is 0 Å². The van der Waals surface area contributed by atoms with Crippen LogP contribution in [0.4, 0.5) is 22.7 Å². The molecule has 4 aromatic carbocycles. The monoisotopic (exact) mass is 446 g/mol. The first kappa shape index (κ1) is 22.6. The van der Waals surface area contributed by atoms with Crippen LogP contribution in [0.25, 0.3) is 0 Å². The smallest absolute Gasteiger partial charge is 0.137 e. The Morgan fingerprint density at radius 3 is 1.44 bits per heavy atom. The fourth-order valence-electron chi connectivity index (χ4n) is 3.35. The molecule has 0 aliphatic heterocycles. The molecule has 6 heteroatoms. The molecule has 0 aromatic heterocycles. The summed E-state index contributed by atoms with van der Waals surface area (Å²) in [6.07, 6.45) is 0. The topological polar surface area (TPSA) is 78.7 Å². The number of para-hydroxylation sites is 4. The number of hydrogen-bond acceptors (Lipinski definition) is 4. The molecule has 0 aliphatic rings. The largest absolute Gasteiger partial charge is 0.386 e. The van der Waals surface area contributed by atoms with E-state index in [0.717, 1.165) is 28.6 Å². The second kappa shape index (κ2) is 11.9. The second-order valence-electron chi connectivity index (χ2n) is 7.41. The lowest BCUT2D eigenvalue weighted by molar-refractivity contribution is 0.995. The van der Waals surface area contributed by atoms with Gasteiger partial charge in [0.15, 0.2) is 0 Å². The molecule has 0 atom stereocenters. The molecular weight excluding hydrogens is 420 g/mol. The normalized spacial score (nSPS) is 12.1. The first-order valence-electron chi connectivity index (χ1n) is 11.0. The summed E-state index contributed by atoms with van der Waals surface area (Å²) in [7, 11) is 0. The van der Waals surface area contributed by atoms with Crippen LogP contribution in [0.15, 0.2) is 142 Å². The van der Waals surface area contributed by atoms with Crippen molar-refractivity contribution in [3.05, 3.63) is 121 Å².